The third-order valence-electron chi connectivity index (χ3n) is 6.22. The molecule has 0 aromatic carbocycles. The smallest absolute Gasteiger partial charge is 0.309 e. The van der Waals surface area contributed by atoms with E-state index in [1.165, 1.54) is 0 Å². The maximum Gasteiger partial charge on any atom is 0.309 e. The van der Waals surface area contributed by atoms with Crippen LogP contribution in [0.3, 0.4) is 0 Å². The summed E-state index contributed by atoms with van der Waals surface area (Å²) in [6.45, 7) is 9.30. The third kappa shape index (κ3) is 1.72. The Morgan fingerprint density at radius 2 is 1.42 bits per heavy atom. The number of carbonyl (C=O) groups excluding carboxylic acids is 1. The number of nitrogens with zero attached hydrogens (tertiary/aromatic N) is 1. The molecule has 1 saturated carbocycles. The largest absolute Gasteiger partial charge is 0.481 e. The summed E-state index contributed by atoms with van der Waals surface area (Å²) < 4.78 is 0. The van der Waals surface area contributed by atoms with Crippen molar-refractivity contribution in [3.8, 4) is 0 Å². The predicted molar refractivity (Wildman–Crippen MR) is 72.7 cm³/mol. The number of carboxylic acid groups (broad SMARTS) is 1. The molecule has 4 nitrogen and oxygen atoms in total. The minimum absolute atomic E-state index is 0.153. The molecule has 0 aromatic heterocycles. The number of hydrogen-bond acceptors (Lipinski definition) is 2. The lowest BCUT2D eigenvalue weighted by molar-refractivity contribution is -0.161. The van der Waals surface area contributed by atoms with Crippen LogP contribution in [0.4, 0.5) is 0 Å². The Morgan fingerprint density at radius 3 is 1.84 bits per heavy atom. The van der Waals surface area contributed by atoms with Gasteiger partial charge in [0.15, 0.2) is 0 Å². The van der Waals surface area contributed by atoms with Crippen molar-refractivity contribution in [2.45, 2.75) is 53.4 Å². The van der Waals surface area contributed by atoms with Gasteiger partial charge in [-0.2, -0.15) is 0 Å². The Labute approximate surface area is 115 Å². The molecule has 4 heteroatoms. The van der Waals surface area contributed by atoms with Crippen LogP contribution in [0, 0.1) is 16.2 Å². The van der Waals surface area contributed by atoms with Crippen LogP contribution in [0.1, 0.15) is 53.4 Å². The van der Waals surface area contributed by atoms with E-state index in [2.05, 4.69) is 0 Å². The average molecular weight is 267 g/mol. The third-order valence-corrected chi connectivity index (χ3v) is 6.22. The number of aliphatic carboxylic acids is 1. The van der Waals surface area contributed by atoms with Gasteiger partial charge in [0.05, 0.1) is 10.8 Å². The predicted octanol–water partition coefficient (Wildman–Crippen LogP) is 2.53. The molecule has 19 heavy (non-hydrogen) atoms. The minimum Gasteiger partial charge on any atom is -0.481 e. The van der Waals surface area contributed by atoms with E-state index in [1.54, 1.807) is 6.92 Å². The van der Waals surface area contributed by atoms with Gasteiger partial charge in [0, 0.05) is 13.1 Å². The molecule has 108 valence electrons. The van der Waals surface area contributed by atoms with Crippen LogP contribution in [0.15, 0.2) is 0 Å². The maximum atomic E-state index is 12.8. The zero-order chi connectivity index (χ0) is 14.5. The first-order valence-electron chi connectivity index (χ1n) is 7.20. The van der Waals surface area contributed by atoms with Crippen molar-refractivity contribution in [1.82, 2.24) is 4.90 Å². The van der Waals surface area contributed by atoms with Crippen molar-refractivity contribution in [1.29, 1.82) is 0 Å². The zero-order valence-electron chi connectivity index (χ0n) is 12.5. The molecule has 1 N–H and O–H groups in total. The van der Waals surface area contributed by atoms with E-state index >= 15 is 0 Å². The van der Waals surface area contributed by atoms with Gasteiger partial charge in [0.1, 0.15) is 0 Å². The van der Waals surface area contributed by atoms with E-state index in [9.17, 15) is 14.7 Å². The Balaban J connectivity index is 2.34. The van der Waals surface area contributed by atoms with Gasteiger partial charge in [0.25, 0.3) is 0 Å². The highest BCUT2D eigenvalue weighted by Crippen LogP contribution is 2.63. The molecular formula is C15H25NO3. The molecule has 1 aliphatic heterocycles. The van der Waals surface area contributed by atoms with Gasteiger partial charge in [-0.05, 0) is 38.0 Å². The van der Waals surface area contributed by atoms with Crippen LogP contribution < -0.4 is 0 Å². The van der Waals surface area contributed by atoms with E-state index in [-0.39, 0.29) is 5.91 Å². The highest BCUT2D eigenvalue weighted by molar-refractivity contribution is 5.87. The fourth-order valence-electron chi connectivity index (χ4n) is 3.75. The Hall–Kier alpha value is -1.06. The van der Waals surface area contributed by atoms with Crippen molar-refractivity contribution >= 4 is 11.9 Å². The Kier molecular flexibility index (Phi) is 3.19. The van der Waals surface area contributed by atoms with Crippen molar-refractivity contribution in [3.63, 3.8) is 0 Å². The van der Waals surface area contributed by atoms with Crippen LogP contribution in [0.25, 0.3) is 0 Å². The lowest BCUT2D eigenvalue weighted by Gasteiger charge is -2.45. The van der Waals surface area contributed by atoms with Crippen molar-refractivity contribution < 1.29 is 14.7 Å². The molecule has 2 atom stereocenters. The Bertz CT molecular complexity index is 412. The van der Waals surface area contributed by atoms with E-state index in [0.29, 0.717) is 12.8 Å². The second-order valence-electron chi connectivity index (χ2n) is 7.09. The van der Waals surface area contributed by atoms with Crippen molar-refractivity contribution in [3.05, 3.63) is 0 Å². The number of carboxylic acids is 1. The van der Waals surface area contributed by atoms with E-state index in [1.807, 2.05) is 25.7 Å². The minimum atomic E-state index is -0.822. The highest BCUT2D eigenvalue weighted by atomic mass is 16.4. The molecule has 2 rings (SSSR count). The fraction of sp³-hybridized carbons (Fsp3) is 0.867. The van der Waals surface area contributed by atoms with Crippen LogP contribution in [-0.4, -0.2) is 35.0 Å². The van der Waals surface area contributed by atoms with E-state index in [4.69, 9.17) is 0 Å². The molecule has 0 aromatic rings. The van der Waals surface area contributed by atoms with E-state index < -0.39 is 22.2 Å². The van der Waals surface area contributed by atoms with Crippen LogP contribution in [0.2, 0.25) is 0 Å². The van der Waals surface area contributed by atoms with Gasteiger partial charge in [-0.1, -0.05) is 20.8 Å². The number of hydrogen-bond donors (Lipinski definition) is 1. The first kappa shape index (κ1) is 14.4. The molecule has 1 aliphatic carbocycles. The Morgan fingerprint density at radius 1 is 0.947 bits per heavy atom. The van der Waals surface area contributed by atoms with Crippen LogP contribution >= 0.6 is 0 Å². The van der Waals surface area contributed by atoms with Gasteiger partial charge in [-0.15, -0.1) is 0 Å². The van der Waals surface area contributed by atoms with Gasteiger partial charge in [0.2, 0.25) is 5.91 Å². The SMILES string of the molecule is CC1(C(=O)O)CCC(C)(C(=O)N2CCCC2)C1(C)C. The molecule has 2 fully saturated rings. The van der Waals surface area contributed by atoms with Gasteiger partial charge >= 0.3 is 5.97 Å². The standard InChI is InChI=1S/C15H25NO3/c1-13(2)14(3,7-8-15(13,4)12(18)19)11(17)16-9-5-6-10-16/h5-10H2,1-4H3,(H,18,19). The average Bonchev–Trinajstić information content (AvgIpc) is 2.92. The maximum absolute atomic E-state index is 12.8. The van der Waals surface area contributed by atoms with Gasteiger partial charge in [-0.25, -0.2) is 0 Å². The summed E-state index contributed by atoms with van der Waals surface area (Å²) in [5, 5.41) is 9.56. The second-order valence-corrected chi connectivity index (χ2v) is 7.09. The zero-order valence-corrected chi connectivity index (χ0v) is 12.5. The van der Waals surface area contributed by atoms with Crippen LogP contribution in [-0.2, 0) is 9.59 Å². The second kappa shape index (κ2) is 4.22. The summed E-state index contributed by atoms with van der Waals surface area (Å²) >= 11 is 0. The molecule has 0 radical (unpaired) electrons. The number of amides is 1. The van der Waals surface area contributed by atoms with Crippen molar-refractivity contribution in [2.75, 3.05) is 13.1 Å². The lowest BCUT2D eigenvalue weighted by Crippen LogP contribution is -2.52. The summed E-state index contributed by atoms with van der Waals surface area (Å²) in [5.41, 5.74) is -1.92. The first-order chi connectivity index (χ1) is 8.67. The quantitative estimate of drug-likeness (QED) is 0.836. The molecule has 0 bridgehead atoms. The topological polar surface area (TPSA) is 57.6 Å². The van der Waals surface area contributed by atoms with Gasteiger partial charge in [-0.3, -0.25) is 9.59 Å². The molecule has 0 spiro atoms. The van der Waals surface area contributed by atoms with Gasteiger partial charge < -0.3 is 10.0 Å². The molecule has 2 aliphatic rings. The molecule has 1 heterocycles. The number of carbonyl (C=O) groups is 2. The fourth-order valence-corrected chi connectivity index (χ4v) is 3.75. The first-order valence-corrected chi connectivity index (χ1v) is 7.20. The summed E-state index contributed by atoms with van der Waals surface area (Å²) in [6, 6.07) is 0. The molecule has 2 unspecified atom stereocenters. The van der Waals surface area contributed by atoms with Crippen molar-refractivity contribution in [2.24, 2.45) is 16.2 Å². The number of rotatable bonds is 2. The highest BCUT2D eigenvalue weighted by Gasteiger charge is 2.65. The summed E-state index contributed by atoms with van der Waals surface area (Å²) in [7, 11) is 0. The van der Waals surface area contributed by atoms with E-state index in [0.717, 1.165) is 25.9 Å². The summed E-state index contributed by atoms with van der Waals surface area (Å²) in [4.78, 5) is 26.4. The monoisotopic (exact) mass is 267 g/mol. The lowest BCUT2D eigenvalue weighted by atomic mass is 9.59. The normalized spacial score (nSPS) is 37.6. The summed E-state index contributed by atoms with van der Waals surface area (Å²) in [6.07, 6.45) is 3.38. The molecule has 1 amide bonds. The summed E-state index contributed by atoms with van der Waals surface area (Å²) in [5.74, 6) is -0.629. The number of likely N-dealkylation sites (tertiary alicyclic amines) is 1. The van der Waals surface area contributed by atoms with Crippen LogP contribution in [0.5, 0.6) is 0 Å². The molecular weight excluding hydrogens is 242 g/mol. The molecule has 1 saturated heterocycles.